The van der Waals surface area contributed by atoms with E-state index in [1.54, 1.807) is 6.20 Å². The number of piperidine rings is 2. The van der Waals surface area contributed by atoms with Gasteiger partial charge in [-0.1, -0.05) is 42.5 Å². The van der Waals surface area contributed by atoms with Gasteiger partial charge in [0.15, 0.2) is 11.6 Å². The SMILES string of the molecule is CC(C)(C)OC(=O)N1CCCC(c2cccc(Oc3cnnc(N4CCN(CC5CCN(C(=O)OCc6ccccc6)CC5)CC4)c3)c2)C1. The van der Waals surface area contributed by atoms with E-state index in [4.69, 9.17) is 14.2 Å². The maximum Gasteiger partial charge on any atom is 0.410 e. The van der Waals surface area contributed by atoms with Crippen molar-refractivity contribution in [3.05, 3.63) is 78.0 Å². The molecular formula is C38H50N6O5. The summed E-state index contributed by atoms with van der Waals surface area (Å²) in [6, 6.07) is 19.9. The lowest BCUT2D eigenvalue weighted by Crippen LogP contribution is -2.49. The molecule has 49 heavy (non-hydrogen) atoms. The van der Waals surface area contributed by atoms with Crippen LogP contribution in [0, 0.1) is 5.92 Å². The molecule has 6 rings (SSSR count). The Morgan fingerprint density at radius 2 is 1.59 bits per heavy atom. The van der Waals surface area contributed by atoms with Crippen LogP contribution in [0.5, 0.6) is 11.5 Å². The van der Waals surface area contributed by atoms with Crippen LogP contribution in [0.1, 0.15) is 63.5 Å². The van der Waals surface area contributed by atoms with E-state index in [1.165, 1.54) is 0 Å². The summed E-state index contributed by atoms with van der Waals surface area (Å²) in [7, 11) is 0. The summed E-state index contributed by atoms with van der Waals surface area (Å²) in [6.07, 6.45) is 5.13. The van der Waals surface area contributed by atoms with Gasteiger partial charge in [-0.15, -0.1) is 5.10 Å². The maximum atomic E-state index is 12.7. The number of piperazine rings is 1. The average Bonchev–Trinajstić information content (AvgIpc) is 3.11. The second-order valence-corrected chi connectivity index (χ2v) is 14.4. The molecule has 11 heteroatoms. The number of aromatic nitrogens is 2. The van der Waals surface area contributed by atoms with Gasteiger partial charge in [-0.2, -0.15) is 5.10 Å². The van der Waals surface area contributed by atoms with E-state index < -0.39 is 5.60 Å². The third-order valence-electron chi connectivity index (χ3n) is 9.55. The molecule has 11 nitrogen and oxygen atoms in total. The molecule has 4 heterocycles. The largest absolute Gasteiger partial charge is 0.456 e. The smallest absolute Gasteiger partial charge is 0.410 e. The van der Waals surface area contributed by atoms with Gasteiger partial charge in [0, 0.05) is 70.9 Å². The van der Waals surface area contributed by atoms with Crippen LogP contribution in [0.25, 0.3) is 0 Å². The van der Waals surface area contributed by atoms with Crippen LogP contribution in [0.15, 0.2) is 66.9 Å². The number of carbonyl (C=O) groups is 2. The first-order valence-corrected chi connectivity index (χ1v) is 17.7. The molecule has 3 aromatic rings. The standard InChI is InChI=1S/C38H50N6O5/c1-38(2,3)49-37(46)44-16-8-12-32(27-44)31-11-7-13-33(23-31)48-34-24-35(40-39-25-34)42-21-19-41(20-22-42)26-29-14-17-43(18-15-29)36(45)47-28-30-9-5-4-6-10-30/h4-7,9-11,13,23-25,29,32H,8,12,14-22,26-28H2,1-3H3. The van der Waals surface area contributed by atoms with Crippen molar-refractivity contribution in [2.75, 3.05) is 63.8 Å². The minimum atomic E-state index is -0.510. The molecule has 0 spiro atoms. The first-order chi connectivity index (χ1) is 23.7. The average molecular weight is 671 g/mol. The number of hydrogen-bond donors (Lipinski definition) is 0. The fraction of sp³-hybridized carbons (Fsp3) is 0.526. The van der Waals surface area contributed by atoms with Gasteiger partial charge >= 0.3 is 12.2 Å². The third kappa shape index (κ3) is 9.84. The monoisotopic (exact) mass is 670 g/mol. The van der Waals surface area contributed by atoms with Crippen LogP contribution in [0.2, 0.25) is 0 Å². The molecule has 1 atom stereocenters. The maximum absolute atomic E-state index is 12.7. The van der Waals surface area contributed by atoms with Gasteiger partial charge < -0.3 is 28.9 Å². The van der Waals surface area contributed by atoms with Crippen molar-refractivity contribution in [1.29, 1.82) is 0 Å². The van der Waals surface area contributed by atoms with Gasteiger partial charge in [-0.05, 0) is 75.6 Å². The summed E-state index contributed by atoms with van der Waals surface area (Å²) < 4.78 is 17.4. The number of rotatable bonds is 8. The first-order valence-electron chi connectivity index (χ1n) is 17.7. The fourth-order valence-corrected chi connectivity index (χ4v) is 6.89. The normalized spacial score (nSPS) is 19.4. The Balaban J connectivity index is 0.947. The molecule has 2 aromatic carbocycles. The summed E-state index contributed by atoms with van der Waals surface area (Å²) in [6.45, 7) is 13.5. The molecular weight excluding hydrogens is 620 g/mol. The number of nitrogens with zero attached hydrogens (tertiary/aromatic N) is 6. The molecule has 3 aliphatic heterocycles. The zero-order valence-corrected chi connectivity index (χ0v) is 29.1. The van der Waals surface area contributed by atoms with Crippen molar-refractivity contribution < 1.29 is 23.8 Å². The highest BCUT2D eigenvalue weighted by molar-refractivity contribution is 5.68. The molecule has 0 N–H and O–H groups in total. The van der Waals surface area contributed by atoms with E-state index in [1.807, 2.05) is 79.1 Å². The predicted molar refractivity (Wildman–Crippen MR) is 188 cm³/mol. The Morgan fingerprint density at radius 1 is 0.816 bits per heavy atom. The van der Waals surface area contributed by atoms with Crippen LogP contribution in [0.3, 0.4) is 0 Å². The van der Waals surface area contributed by atoms with Crippen molar-refractivity contribution in [2.24, 2.45) is 5.92 Å². The lowest BCUT2D eigenvalue weighted by Gasteiger charge is -2.39. The fourth-order valence-electron chi connectivity index (χ4n) is 6.89. The lowest BCUT2D eigenvalue weighted by molar-refractivity contribution is 0.0198. The van der Waals surface area contributed by atoms with E-state index >= 15 is 0 Å². The van der Waals surface area contributed by atoms with Gasteiger partial charge in [-0.25, -0.2) is 9.59 Å². The summed E-state index contributed by atoms with van der Waals surface area (Å²) >= 11 is 0. The number of hydrogen-bond acceptors (Lipinski definition) is 9. The Hall–Kier alpha value is -4.38. The van der Waals surface area contributed by atoms with Gasteiger partial charge in [0.25, 0.3) is 0 Å². The van der Waals surface area contributed by atoms with E-state index in [0.29, 0.717) is 31.4 Å². The second-order valence-electron chi connectivity index (χ2n) is 14.4. The Morgan fingerprint density at radius 3 is 2.35 bits per heavy atom. The number of amides is 2. The number of carbonyl (C=O) groups excluding carboxylic acids is 2. The number of likely N-dealkylation sites (tertiary alicyclic amines) is 2. The topological polar surface area (TPSA) is 101 Å². The zero-order valence-electron chi connectivity index (χ0n) is 29.1. The summed E-state index contributed by atoms with van der Waals surface area (Å²) in [4.78, 5) is 33.7. The molecule has 0 radical (unpaired) electrons. The zero-order chi connectivity index (χ0) is 34.2. The molecule has 3 saturated heterocycles. The van der Waals surface area contributed by atoms with E-state index in [2.05, 4.69) is 32.1 Å². The molecule has 0 saturated carbocycles. The van der Waals surface area contributed by atoms with Crippen molar-refractivity contribution >= 4 is 18.0 Å². The molecule has 1 aromatic heterocycles. The van der Waals surface area contributed by atoms with Gasteiger partial charge in [-0.3, -0.25) is 4.90 Å². The van der Waals surface area contributed by atoms with Crippen molar-refractivity contribution in [1.82, 2.24) is 24.9 Å². The van der Waals surface area contributed by atoms with E-state index in [-0.39, 0.29) is 18.1 Å². The van der Waals surface area contributed by atoms with Crippen LogP contribution in [-0.4, -0.2) is 102 Å². The Kier molecular flexibility index (Phi) is 11.2. The predicted octanol–water partition coefficient (Wildman–Crippen LogP) is 6.55. The Bertz CT molecular complexity index is 1530. The first kappa shape index (κ1) is 34.5. The second kappa shape index (κ2) is 15.9. The molecule has 0 aliphatic carbocycles. The minimum absolute atomic E-state index is 0.216. The van der Waals surface area contributed by atoms with Crippen molar-refractivity contribution in [2.45, 2.75) is 64.6 Å². The highest BCUT2D eigenvalue weighted by Gasteiger charge is 2.29. The molecule has 262 valence electrons. The van der Waals surface area contributed by atoms with Crippen molar-refractivity contribution in [3.63, 3.8) is 0 Å². The van der Waals surface area contributed by atoms with E-state index in [0.717, 1.165) is 94.2 Å². The quantitative estimate of drug-likeness (QED) is 0.264. The lowest BCUT2D eigenvalue weighted by atomic mass is 9.90. The summed E-state index contributed by atoms with van der Waals surface area (Å²) in [5.41, 5.74) is 1.65. The molecule has 2 amide bonds. The van der Waals surface area contributed by atoms with Crippen molar-refractivity contribution in [3.8, 4) is 11.5 Å². The molecule has 3 fully saturated rings. The number of ether oxygens (including phenoxy) is 3. The third-order valence-corrected chi connectivity index (χ3v) is 9.55. The number of anilines is 1. The number of benzene rings is 2. The van der Waals surface area contributed by atoms with Gasteiger partial charge in [0.1, 0.15) is 18.0 Å². The summed E-state index contributed by atoms with van der Waals surface area (Å²) in [5.74, 6) is 3.01. The summed E-state index contributed by atoms with van der Waals surface area (Å²) in [5, 5.41) is 8.68. The molecule has 3 aliphatic rings. The van der Waals surface area contributed by atoms with Crippen LogP contribution >= 0.6 is 0 Å². The Labute approximate surface area is 290 Å². The van der Waals surface area contributed by atoms with Crippen LogP contribution < -0.4 is 9.64 Å². The van der Waals surface area contributed by atoms with E-state index in [9.17, 15) is 9.59 Å². The van der Waals surface area contributed by atoms with Gasteiger partial charge in [0.2, 0.25) is 0 Å². The minimum Gasteiger partial charge on any atom is -0.456 e. The molecule has 0 bridgehead atoms. The molecule has 1 unspecified atom stereocenters. The highest BCUT2D eigenvalue weighted by atomic mass is 16.6. The highest BCUT2D eigenvalue weighted by Crippen LogP contribution is 2.32. The van der Waals surface area contributed by atoms with Crippen LogP contribution in [-0.2, 0) is 16.1 Å². The van der Waals surface area contributed by atoms with Crippen LogP contribution in [0.4, 0.5) is 15.4 Å². The van der Waals surface area contributed by atoms with Gasteiger partial charge in [0.05, 0.1) is 6.20 Å².